The third-order valence-corrected chi connectivity index (χ3v) is 11.4. The lowest BCUT2D eigenvalue weighted by atomic mass is 9.94. The molecular weight excluding hydrogens is 729 g/mol. The zero-order valence-electron chi connectivity index (χ0n) is 33.3. The number of rotatable bonds is 10. The molecule has 0 radical (unpaired) electrons. The number of hydrogen-bond acceptors (Lipinski definition) is 2. The molecule has 0 atom stereocenters. The van der Waals surface area contributed by atoms with Crippen molar-refractivity contribution in [3.63, 3.8) is 0 Å². The second-order valence-electron chi connectivity index (χ2n) is 15.1. The van der Waals surface area contributed by atoms with E-state index in [0.29, 0.717) is 0 Å². The molecule has 8 aromatic carbocycles. The van der Waals surface area contributed by atoms with Gasteiger partial charge in [-0.2, -0.15) is 0 Å². The third-order valence-electron chi connectivity index (χ3n) is 11.4. The number of hydrogen-bond donors (Lipinski definition) is 1. The molecule has 0 aliphatic rings. The van der Waals surface area contributed by atoms with Gasteiger partial charge < -0.3 is 14.3 Å². The molecule has 0 fully saturated rings. The Morgan fingerprint density at radius 3 is 2.05 bits per heavy atom. The molecule has 10 rings (SSSR count). The summed E-state index contributed by atoms with van der Waals surface area (Å²) < 4.78 is 8.65. The van der Waals surface area contributed by atoms with E-state index >= 15 is 0 Å². The van der Waals surface area contributed by atoms with Gasteiger partial charge in [0.05, 0.1) is 11.0 Å². The first-order valence-corrected chi connectivity index (χ1v) is 20.4. The smallest absolute Gasteiger partial charge is 0.137 e. The molecule has 2 heterocycles. The van der Waals surface area contributed by atoms with Crippen molar-refractivity contribution in [2.75, 3.05) is 5.32 Å². The van der Waals surface area contributed by atoms with Crippen LogP contribution in [-0.2, 0) is 0 Å². The van der Waals surface area contributed by atoms with Gasteiger partial charge in [0.25, 0.3) is 0 Å². The van der Waals surface area contributed by atoms with Gasteiger partial charge >= 0.3 is 0 Å². The Morgan fingerprint density at radius 1 is 0.533 bits per heavy atom. The SMILES string of the molecule is C=CC(/C=C/Nc1ccccc1)=C(/C=C\c1ccc(-c2cccc(-c3ccc4c(c3)c3ccccc3n4-c3ccc4c(c3)oc3ccccc34)c2)cc1)c1ccccc1C. The zero-order chi connectivity index (χ0) is 40.4. The zero-order valence-corrected chi connectivity index (χ0v) is 33.3. The second kappa shape index (κ2) is 15.8. The van der Waals surface area contributed by atoms with Crippen molar-refractivity contribution >= 4 is 61.1 Å². The first-order chi connectivity index (χ1) is 29.6. The van der Waals surface area contributed by atoms with E-state index in [2.05, 4.69) is 199 Å². The highest BCUT2D eigenvalue weighted by molar-refractivity contribution is 6.11. The van der Waals surface area contributed by atoms with Crippen LogP contribution in [0.2, 0.25) is 0 Å². The number of benzene rings is 8. The molecule has 3 nitrogen and oxygen atoms in total. The summed E-state index contributed by atoms with van der Waals surface area (Å²) >= 11 is 0. The lowest BCUT2D eigenvalue weighted by molar-refractivity contribution is 0.668. The Bertz CT molecular complexity index is 3300. The van der Waals surface area contributed by atoms with Gasteiger partial charge in [0.15, 0.2) is 0 Å². The number of para-hydroxylation sites is 3. The van der Waals surface area contributed by atoms with Crippen molar-refractivity contribution in [1.29, 1.82) is 0 Å². The average molecular weight is 771 g/mol. The predicted octanol–water partition coefficient (Wildman–Crippen LogP) is 15.6. The number of aromatic nitrogens is 1. The number of nitrogens with one attached hydrogen (secondary N) is 1. The molecule has 0 saturated carbocycles. The van der Waals surface area contributed by atoms with Crippen LogP contribution in [0.25, 0.3) is 83.3 Å². The summed E-state index contributed by atoms with van der Waals surface area (Å²) in [7, 11) is 0. The van der Waals surface area contributed by atoms with E-state index in [1.807, 2.05) is 42.6 Å². The highest BCUT2D eigenvalue weighted by Gasteiger charge is 2.16. The van der Waals surface area contributed by atoms with Crippen molar-refractivity contribution < 1.29 is 4.42 Å². The minimum absolute atomic E-state index is 0.892. The minimum Gasteiger partial charge on any atom is -0.456 e. The van der Waals surface area contributed by atoms with Crippen LogP contribution in [0.1, 0.15) is 16.7 Å². The molecule has 0 unspecified atom stereocenters. The summed E-state index contributed by atoms with van der Waals surface area (Å²) in [6, 6.07) is 66.6. The molecule has 0 amide bonds. The fourth-order valence-corrected chi connectivity index (χ4v) is 8.38. The quantitative estimate of drug-likeness (QED) is 0.140. The first kappa shape index (κ1) is 36.5. The standard InChI is InChI=1S/C57H42N2O/c1-3-41(34-35-58-46-17-5-4-6-18-46)49(48-19-8-7-14-39(48)2)31-26-40-24-27-42(28-25-40)43-15-13-16-44(36-43)45-29-33-55-53(37-45)50-20-9-11-22-54(50)59(55)47-30-32-52-51-21-10-12-23-56(51)60-57(52)38-47/h3-38,58H,1H2,2H3/b31-26-,35-34+,49-41+. The van der Waals surface area contributed by atoms with E-state index < -0.39 is 0 Å². The van der Waals surface area contributed by atoms with E-state index in [1.165, 1.54) is 49.7 Å². The van der Waals surface area contributed by atoms with Crippen molar-refractivity contribution in [3.05, 3.63) is 241 Å². The molecule has 0 saturated heterocycles. The van der Waals surface area contributed by atoms with Crippen molar-refractivity contribution in [1.82, 2.24) is 4.57 Å². The average Bonchev–Trinajstić information content (AvgIpc) is 3.84. The van der Waals surface area contributed by atoms with E-state index in [1.54, 1.807) is 0 Å². The molecule has 60 heavy (non-hydrogen) atoms. The Balaban J connectivity index is 0.948. The van der Waals surface area contributed by atoms with Crippen LogP contribution in [0.5, 0.6) is 0 Å². The maximum atomic E-state index is 6.30. The molecule has 2 aromatic heterocycles. The number of fused-ring (bicyclic) bond motifs is 6. The number of allylic oxidation sites excluding steroid dienone is 5. The van der Waals surface area contributed by atoms with Crippen LogP contribution in [0.3, 0.4) is 0 Å². The van der Waals surface area contributed by atoms with Crippen LogP contribution in [0, 0.1) is 6.92 Å². The van der Waals surface area contributed by atoms with Gasteiger partial charge in [0.2, 0.25) is 0 Å². The molecule has 3 heteroatoms. The molecule has 1 N–H and O–H groups in total. The maximum absolute atomic E-state index is 6.30. The topological polar surface area (TPSA) is 30.1 Å². The van der Waals surface area contributed by atoms with Gasteiger partial charge in [-0.15, -0.1) is 0 Å². The summed E-state index contributed by atoms with van der Waals surface area (Å²) in [6.45, 7) is 6.33. The Labute approximate surface area is 350 Å². The normalized spacial score (nSPS) is 12.3. The second-order valence-corrected chi connectivity index (χ2v) is 15.1. The number of aryl methyl sites for hydroxylation is 1. The minimum atomic E-state index is 0.892. The lowest BCUT2D eigenvalue weighted by Crippen LogP contribution is -1.93. The van der Waals surface area contributed by atoms with Crippen molar-refractivity contribution in [3.8, 4) is 27.9 Å². The predicted molar refractivity (Wildman–Crippen MR) is 255 cm³/mol. The van der Waals surface area contributed by atoms with Gasteiger partial charge in [0, 0.05) is 45.2 Å². The molecule has 0 aliphatic heterocycles. The van der Waals surface area contributed by atoms with Crippen LogP contribution < -0.4 is 5.32 Å². The Kier molecular flexibility index (Phi) is 9.61. The summed E-state index contributed by atoms with van der Waals surface area (Å²) in [6.07, 6.45) is 10.4. The van der Waals surface area contributed by atoms with E-state index in [9.17, 15) is 0 Å². The molecule has 10 aromatic rings. The lowest BCUT2D eigenvalue weighted by Gasteiger charge is -2.11. The summed E-state index contributed by atoms with van der Waals surface area (Å²) in [5.74, 6) is 0. The van der Waals surface area contributed by atoms with E-state index in [4.69, 9.17) is 4.42 Å². The van der Waals surface area contributed by atoms with Gasteiger partial charge in [0.1, 0.15) is 11.2 Å². The fourth-order valence-electron chi connectivity index (χ4n) is 8.38. The summed E-state index contributed by atoms with van der Waals surface area (Å²) in [4.78, 5) is 0. The summed E-state index contributed by atoms with van der Waals surface area (Å²) in [5, 5.41) is 8.09. The summed E-state index contributed by atoms with van der Waals surface area (Å²) in [5.41, 5.74) is 16.6. The molecule has 0 spiro atoms. The van der Waals surface area contributed by atoms with Gasteiger partial charge in [-0.25, -0.2) is 0 Å². The van der Waals surface area contributed by atoms with Crippen LogP contribution >= 0.6 is 0 Å². The monoisotopic (exact) mass is 770 g/mol. The number of nitrogens with zero attached hydrogens (tertiary/aromatic N) is 1. The van der Waals surface area contributed by atoms with Gasteiger partial charge in [-0.1, -0.05) is 152 Å². The molecular formula is C57H42N2O. The maximum Gasteiger partial charge on any atom is 0.137 e. The van der Waals surface area contributed by atoms with Crippen molar-refractivity contribution in [2.45, 2.75) is 6.92 Å². The largest absolute Gasteiger partial charge is 0.456 e. The highest BCUT2D eigenvalue weighted by atomic mass is 16.3. The van der Waals surface area contributed by atoms with Gasteiger partial charge in [-0.3, -0.25) is 0 Å². The first-order valence-electron chi connectivity index (χ1n) is 20.4. The van der Waals surface area contributed by atoms with Crippen molar-refractivity contribution in [2.24, 2.45) is 0 Å². The third kappa shape index (κ3) is 6.93. The molecule has 286 valence electrons. The molecule has 0 aliphatic carbocycles. The Morgan fingerprint density at radius 2 is 1.22 bits per heavy atom. The fraction of sp³-hybridized carbons (Fsp3) is 0.0175. The highest BCUT2D eigenvalue weighted by Crippen LogP contribution is 2.38. The molecule has 0 bridgehead atoms. The van der Waals surface area contributed by atoms with E-state index in [-0.39, 0.29) is 0 Å². The number of furan rings is 1. The van der Waals surface area contributed by atoms with Crippen LogP contribution in [0.4, 0.5) is 5.69 Å². The van der Waals surface area contributed by atoms with Gasteiger partial charge in [-0.05, 0) is 118 Å². The van der Waals surface area contributed by atoms with Crippen LogP contribution in [-0.4, -0.2) is 4.57 Å². The van der Waals surface area contributed by atoms with E-state index in [0.717, 1.165) is 55.5 Å². The number of anilines is 1. The van der Waals surface area contributed by atoms with Crippen LogP contribution in [0.15, 0.2) is 229 Å². The Hall–Kier alpha value is -7.88.